The van der Waals surface area contributed by atoms with Gasteiger partial charge in [-0.3, -0.25) is 0 Å². The van der Waals surface area contributed by atoms with Crippen LogP contribution in [0.15, 0.2) is 10.2 Å². The van der Waals surface area contributed by atoms with Gasteiger partial charge in [-0.15, -0.1) is 0 Å². The van der Waals surface area contributed by atoms with E-state index >= 15 is 0 Å². The molecule has 9 heteroatoms. The van der Waals surface area contributed by atoms with E-state index in [1.54, 1.807) is 0 Å². The van der Waals surface area contributed by atoms with Crippen LogP contribution in [0.2, 0.25) is 5.28 Å². The van der Waals surface area contributed by atoms with Crippen LogP contribution in [0.5, 0.6) is 0 Å². The van der Waals surface area contributed by atoms with Gasteiger partial charge in [0.15, 0.2) is 10.8 Å². The summed E-state index contributed by atoms with van der Waals surface area (Å²) in [6.07, 6.45) is 0. The van der Waals surface area contributed by atoms with E-state index in [0.29, 0.717) is 30.2 Å². The standard InChI is InChI=1S/C14H15ClN6S2/c1-21-10-11(19-14(21)23-9-5-3-7-17)18-13(15)20-12(10)22-8-4-2-6-16/h6-9,16-17H2,1H3. The Morgan fingerprint density at radius 1 is 1.00 bits per heavy atom. The summed E-state index contributed by atoms with van der Waals surface area (Å²) in [4.78, 5) is 13.0. The molecule has 0 aliphatic carbocycles. The lowest BCUT2D eigenvalue weighted by atomic mass is 10.5. The van der Waals surface area contributed by atoms with Crippen LogP contribution < -0.4 is 11.5 Å². The molecule has 0 spiro atoms. The number of fused-ring (bicyclic) bond motifs is 1. The SMILES string of the molecule is Cn1c(SCC#CCN)nc2nc(Cl)nc(SCC#CCN)c21. The summed E-state index contributed by atoms with van der Waals surface area (Å²) in [5.74, 6) is 12.8. The molecule has 120 valence electrons. The molecular formula is C14H15ClN6S2. The van der Waals surface area contributed by atoms with Crippen molar-refractivity contribution in [1.82, 2.24) is 19.5 Å². The first-order chi connectivity index (χ1) is 11.2. The Morgan fingerprint density at radius 2 is 1.65 bits per heavy atom. The number of nitrogens with two attached hydrogens (primary N) is 2. The van der Waals surface area contributed by atoms with Crippen molar-refractivity contribution in [2.75, 3.05) is 24.6 Å². The quantitative estimate of drug-likeness (QED) is 0.362. The van der Waals surface area contributed by atoms with Gasteiger partial charge in [0, 0.05) is 7.05 Å². The number of aromatic nitrogens is 4. The average molecular weight is 367 g/mol. The molecule has 2 aromatic heterocycles. The van der Waals surface area contributed by atoms with Crippen molar-refractivity contribution in [2.45, 2.75) is 10.2 Å². The Kier molecular flexibility index (Phi) is 7.03. The summed E-state index contributed by atoms with van der Waals surface area (Å²) >= 11 is 8.99. The van der Waals surface area contributed by atoms with Crippen LogP contribution in [0.1, 0.15) is 0 Å². The van der Waals surface area contributed by atoms with E-state index in [1.807, 2.05) is 11.6 Å². The van der Waals surface area contributed by atoms with E-state index in [1.165, 1.54) is 23.5 Å². The second-order valence-corrected chi connectivity index (χ2v) is 6.36. The second-order valence-electron chi connectivity index (χ2n) is 4.12. The molecule has 0 atom stereocenters. The molecule has 0 unspecified atom stereocenters. The molecule has 0 aliphatic rings. The van der Waals surface area contributed by atoms with Gasteiger partial charge >= 0.3 is 0 Å². The molecule has 6 nitrogen and oxygen atoms in total. The van der Waals surface area contributed by atoms with Crippen LogP contribution in [-0.2, 0) is 7.05 Å². The van der Waals surface area contributed by atoms with E-state index in [9.17, 15) is 0 Å². The maximum absolute atomic E-state index is 5.99. The third-order valence-electron chi connectivity index (χ3n) is 2.64. The van der Waals surface area contributed by atoms with Gasteiger partial charge in [-0.2, -0.15) is 4.98 Å². The van der Waals surface area contributed by atoms with Gasteiger partial charge in [-0.25, -0.2) is 9.97 Å². The van der Waals surface area contributed by atoms with E-state index in [-0.39, 0.29) is 5.28 Å². The number of hydrogen-bond acceptors (Lipinski definition) is 7. The van der Waals surface area contributed by atoms with Gasteiger partial charge in [-0.1, -0.05) is 47.2 Å². The first-order valence-electron chi connectivity index (χ1n) is 6.64. The normalized spacial score (nSPS) is 10.1. The van der Waals surface area contributed by atoms with Crippen LogP contribution in [0, 0.1) is 23.7 Å². The van der Waals surface area contributed by atoms with Gasteiger partial charge in [0.25, 0.3) is 0 Å². The molecule has 0 saturated heterocycles. The van der Waals surface area contributed by atoms with Gasteiger partial charge < -0.3 is 16.0 Å². The molecule has 0 fully saturated rings. The Bertz CT molecular complexity index is 812. The van der Waals surface area contributed by atoms with Crippen LogP contribution in [0.4, 0.5) is 0 Å². The smallest absolute Gasteiger partial charge is 0.225 e. The minimum atomic E-state index is 0.171. The molecular weight excluding hydrogens is 352 g/mol. The highest BCUT2D eigenvalue weighted by Gasteiger charge is 2.16. The fraction of sp³-hybridized carbons (Fsp3) is 0.357. The van der Waals surface area contributed by atoms with Crippen LogP contribution in [0.3, 0.4) is 0 Å². The zero-order chi connectivity index (χ0) is 16.7. The monoisotopic (exact) mass is 366 g/mol. The molecule has 0 bridgehead atoms. The zero-order valence-corrected chi connectivity index (χ0v) is 14.9. The first kappa shape index (κ1) is 17.9. The highest BCUT2D eigenvalue weighted by atomic mass is 35.5. The topological polar surface area (TPSA) is 95.6 Å². The Morgan fingerprint density at radius 3 is 2.30 bits per heavy atom. The number of aryl methyl sites for hydroxylation is 1. The lowest BCUT2D eigenvalue weighted by molar-refractivity contribution is 0.807. The highest BCUT2D eigenvalue weighted by Crippen LogP contribution is 2.29. The molecule has 2 rings (SSSR count). The summed E-state index contributed by atoms with van der Waals surface area (Å²) in [6.45, 7) is 0.700. The highest BCUT2D eigenvalue weighted by molar-refractivity contribution is 7.99. The van der Waals surface area contributed by atoms with Gasteiger partial charge in [-0.05, 0) is 11.6 Å². The average Bonchev–Trinajstić information content (AvgIpc) is 2.84. The maximum atomic E-state index is 5.99. The molecule has 0 aromatic carbocycles. The van der Waals surface area contributed by atoms with Gasteiger partial charge in [0.1, 0.15) is 10.5 Å². The van der Waals surface area contributed by atoms with Crippen molar-refractivity contribution in [1.29, 1.82) is 0 Å². The molecule has 0 radical (unpaired) electrons. The number of nitrogens with zero attached hydrogens (tertiary/aromatic N) is 4. The molecule has 0 saturated carbocycles. The number of rotatable bonds is 4. The van der Waals surface area contributed by atoms with E-state index in [0.717, 1.165) is 15.7 Å². The minimum absolute atomic E-state index is 0.171. The Labute approximate surface area is 148 Å². The number of hydrogen-bond donors (Lipinski definition) is 2. The van der Waals surface area contributed by atoms with Crippen molar-refractivity contribution in [3.8, 4) is 23.7 Å². The number of thioether (sulfide) groups is 2. The third kappa shape index (κ3) is 4.77. The molecule has 4 N–H and O–H groups in total. The number of imidazole rings is 1. The lowest BCUT2D eigenvalue weighted by Crippen LogP contribution is -1.96. The van der Waals surface area contributed by atoms with E-state index in [4.69, 9.17) is 23.1 Å². The largest absolute Gasteiger partial charge is 0.320 e. The fourth-order valence-electron chi connectivity index (χ4n) is 1.71. The number of halogens is 1. The second kappa shape index (κ2) is 9.02. The van der Waals surface area contributed by atoms with Crippen molar-refractivity contribution in [2.24, 2.45) is 18.5 Å². The van der Waals surface area contributed by atoms with Crippen molar-refractivity contribution >= 4 is 46.3 Å². The van der Waals surface area contributed by atoms with E-state index < -0.39 is 0 Å². The van der Waals surface area contributed by atoms with E-state index in [2.05, 4.69) is 38.6 Å². The lowest BCUT2D eigenvalue weighted by Gasteiger charge is -2.03. The predicted octanol–water partition coefficient (Wildman–Crippen LogP) is 1.13. The summed E-state index contributed by atoms with van der Waals surface area (Å²) in [6, 6.07) is 0. The van der Waals surface area contributed by atoms with Crippen LogP contribution >= 0.6 is 35.1 Å². The maximum Gasteiger partial charge on any atom is 0.225 e. The predicted molar refractivity (Wildman–Crippen MR) is 96.4 cm³/mol. The van der Waals surface area contributed by atoms with Crippen molar-refractivity contribution < 1.29 is 0 Å². The molecule has 23 heavy (non-hydrogen) atoms. The van der Waals surface area contributed by atoms with Crippen LogP contribution in [-0.4, -0.2) is 44.1 Å². The molecule has 2 heterocycles. The summed E-state index contributed by atoms with van der Waals surface area (Å²) < 4.78 is 1.94. The summed E-state index contributed by atoms with van der Waals surface area (Å²) in [5.41, 5.74) is 12.1. The first-order valence-corrected chi connectivity index (χ1v) is 8.99. The fourth-order valence-corrected chi connectivity index (χ4v) is 3.49. The molecule has 2 aromatic rings. The zero-order valence-electron chi connectivity index (χ0n) is 12.5. The molecule has 0 aliphatic heterocycles. The van der Waals surface area contributed by atoms with Crippen molar-refractivity contribution in [3.63, 3.8) is 0 Å². The Hall–Kier alpha value is -1.42. The minimum Gasteiger partial charge on any atom is -0.320 e. The van der Waals surface area contributed by atoms with Gasteiger partial charge in [0.2, 0.25) is 5.28 Å². The Balaban J connectivity index is 2.30. The van der Waals surface area contributed by atoms with Crippen molar-refractivity contribution in [3.05, 3.63) is 5.28 Å². The molecule has 0 amide bonds. The summed E-state index contributed by atoms with van der Waals surface area (Å²) in [5, 5.41) is 1.73. The van der Waals surface area contributed by atoms with Crippen LogP contribution in [0.25, 0.3) is 11.2 Å². The summed E-state index contributed by atoms with van der Waals surface area (Å²) in [7, 11) is 1.92. The van der Waals surface area contributed by atoms with Gasteiger partial charge in [0.05, 0.1) is 24.6 Å². The third-order valence-corrected chi connectivity index (χ3v) is 4.57.